The molecule has 1 rings (SSSR count). The molecule has 0 saturated heterocycles. The van der Waals surface area contributed by atoms with Crippen molar-refractivity contribution in [3.8, 4) is 0 Å². The van der Waals surface area contributed by atoms with Crippen molar-refractivity contribution in [2.24, 2.45) is 0 Å². The van der Waals surface area contributed by atoms with Crippen LogP contribution in [-0.2, 0) is 0 Å². The smallest absolute Gasteiger partial charge is 0.117 e. The third-order valence-electron chi connectivity index (χ3n) is 3.20. The highest BCUT2D eigenvalue weighted by molar-refractivity contribution is 7.96. The second kappa shape index (κ2) is 7.62. The summed E-state index contributed by atoms with van der Waals surface area (Å²) in [6.45, 7) is 4.60. The summed E-state index contributed by atoms with van der Waals surface area (Å²) in [5.41, 5.74) is 0. The van der Waals surface area contributed by atoms with E-state index in [0.29, 0.717) is 0 Å². The molecule has 1 radical (unpaired) electrons. The van der Waals surface area contributed by atoms with Crippen LogP contribution in [0.15, 0.2) is 0 Å². The van der Waals surface area contributed by atoms with Gasteiger partial charge >= 0.3 is 0 Å². The van der Waals surface area contributed by atoms with Crippen molar-refractivity contribution in [3.63, 3.8) is 0 Å². The molecule has 0 aliphatic heterocycles. The standard InChI is InChI=1S/C12H25BNS/c1-10(2)13-11-6-4-8-12(14-15-3)9-5-7-11/h10-12,14H,4-9H2,1-3H3. The first kappa shape index (κ1) is 13.4. The molecule has 1 nitrogen and oxygen atoms in total. The second-order valence-corrected chi connectivity index (χ2v) is 5.72. The minimum absolute atomic E-state index is 0.759. The van der Waals surface area contributed by atoms with Gasteiger partial charge in [0, 0.05) is 6.04 Å². The summed E-state index contributed by atoms with van der Waals surface area (Å²) in [5.74, 6) is 1.65. The van der Waals surface area contributed by atoms with Gasteiger partial charge in [0.25, 0.3) is 0 Å². The van der Waals surface area contributed by atoms with E-state index in [0.717, 1.165) is 17.7 Å². The summed E-state index contributed by atoms with van der Waals surface area (Å²) in [6, 6.07) is 0.764. The summed E-state index contributed by atoms with van der Waals surface area (Å²) >= 11 is 1.78. The molecule has 15 heavy (non-hydrogen) atoms. The Morgan fingerprint density at radius 2 is 1.73 bits per heavy atom. The minimum Gasteiger partial charge on any atom is -0.261 e. The van der Waals surface area contributed by atoms with E-state index in [-0.39, 0.29) is 0 Å². The van der Waals surface area contributed by atoms with Gasteiger partial charge in [0.15, 0.2) is 0 Å². The first-order valence-corrected chi connectivity index (χ1v) is 7.58. The van der Waals surface area contributed by atoms with Crippen LogP contribution in [-0.4, -0.2) is 19.6 Å². The van der Waals surface area contributed by atoms with Gasteiger partial charge in [-0.25, -0.2) is 0 Å². The van der Waals surface area contributed by atoms with E-state index in [4.69, 9.17) is 0 Å². The molecule has 1 fully saturated rings. The lowest BCUT2D eigenvalue weighted by atomic mass is 9.53. The van der Waals surface area contributed by atoms with Crippen LogP contribution in [0.3, 0.4) is 0 Å². The van der Waals surface area contributed by atoms with E-state index >= 15 is 0 Å². The van der Waals surface area contributed by atoms with Gasteiger partial charge in [-0.1, -0.05) is 63.1 Å². The van der Waals surface area contributed by atoms with Crippen molar-refractivity contribution < 1.29 is 0 Å². The van der Waals surface area contributed by atoms with Crippen LogP contribution in [0.25, 0.3) is 0 Å². The maximum absolute atomic E-state index is 3.51. The Hall–Kier alpha value is 0.375. The van der Waals surface area contributed by atoms with Gasteiger partial charge in [0.1, 0.15) is 7.28 Å². The third kappa shape index (κ3) is 5.86. The van der Waals surface area contributed by atoms with Crippen molar-refractivity contribution >= 4 is 19.2 Å². The van der Waals surface area contributed by atoms with Crippen LogP contribution in [0.1, 0.15) is 52.4 Å². The second-order valence-electron chi connectivity index (χ2n) is 5.08. The van der Waals surface area contributed by atoms with Gasteiger partial charge in [-0.2, -0.15) is 0 Å². The Bertz CT molecular complexity index is 154. The lowest BCUT2D eigenvalue weighted by Crippen LogP contribution is -2.24. The average Bonchev–Trinajstić information content (AvgIpc) is 2.12. The Labute approximate surface area is 101 Å². The summed E-state index contributed by atoms with van der Waals surface area (Å²) in [6.07, 6.45) is 10.5. The topological polar surface area (TPSA) is 12.0 Å². The number of nitrogens with one attached hydrogen (secondary N) is 1. The van der Waals surface area contributed by atoms with Crippen molar-refractivity contribution in [2.75, 3.05) is 6.26 Å². The molecular weight excluding hydrogens is 201 g/mol. The highest BCUT2D eigenvalue weighted by atomic mass is 32.2. The quantitative estimate of drug-likeness (QED) is 0.576. The number of hydrogen-bond acceptors (Lipinski definition) is 2. The molecule has 0 heterocycles. The molecule has 3 heteroatoms. The zero-order chi connectivity index (χ0) is 11.1. The van der Waals surface area contributed by atoms with Gasteiger partial charge in [0.05, 0.1) is 0 Å². The van der Waals surface area contributed by atoms with Crippen molar-refractivity contribution in [3.05, 3.63) is 0 Å². The fourth-order valence-electron chi connectivity index (χ4n) is 2.56. The van der Waals surface area contributed by atoms with E-state index < -0.39 is 0 Å². The number of hydrogen-bond donors (Lipinski definition) is 1. The van der Waals surface area contributed by atoms with Crippen LogP contribution < -0.4 is 4.72 Å². The fourth-order valence-corrected chi connectivity index (χ4v) is 3.13. The Balaban J connectivity index is 2.24. The molecule has 0 amide bonds. The molecule has 0 aromatic rings. The SMILES string of the molecule is CSNC1CCCC([B]C(C)C)CCC1. The molecule has 1 aliphatic rings. The molecule has 0 aromatic heterocycles. The molecule has 1 N–H and O–H groups in total. The van der Waals surface area contributed by atoms with Gasteiger partial charge in [-0.05, 0) is 19.1 Å². The zero-order valence-electron chi connectivity index (χ0n) is 10.5. The summed E-state index contributed by atoms with van der Waals surface area (Å²) < 4.78 is 3.51. The minimum atomic E-state index is 0.759. The fraction of sp³-hybridized carbons (Fsp3) is 1.00. The van der Waals surface area contributed by atoms with Gasteiger partial charge < -0.3 is 0 Å². The monoisotopic (exact) mass is 226 g/mol. The average molecular weight is 226 g/mol. The van der Waals surface area contributed by atoms with Crippen LogP contribution in [0.4, 0.5) is 0 Å². The van der Waals surface area contributed by atoms with Crippen LogP contribution in [0.2, 0.25) is 11.6 Å². The van der Waals surface area contributed by atoms with Crippen LogP contribution >= 0.6 is 11.9 Å². The maximum Gasteiger partial charge on any atom is 0.117 e. The predicted molar refractivity (Wildman–Crippen MR) is 72.7 cm³/mol. The van der Waals surface area contributed by atoms with Gasteiger partial charge in [-0.15, -0.1) is 0 Å². The summed E-state index contributed by atoms with van der Waals surface area (Å²) in [4.78, 5) is 0. The van der Waals surface area contributed by atoms with E-state index in [1.54, 1.807) is 11.9 Å². The van der Waals surface area contributed by atoms with Crippen molar-refractivity contribution in [2.45, 2.75) is 70.0 Å². The molecule has 0 aromatic carbocycles. The van der Waals surface area contributed by atoms with E-state index in [9.17, 15) is 0 Å². The molecule has 0 atom stereocenters. The Kier molecular flexibility index (Phi) is 6.82. The molecule has 1 aliphatic carbocycles. The van der Waals surface area contributed by atoms with Crippen molar-refractivity contribution in [1.82, 2.24) is 4.72 Å². The molecule has 87 valence electrons. The first-order valence-electron chi connectivity index (χ1n) is 6.36. The van der Waals surface area contributed by atoms with Crippen LogP contribution in [0, 0.1) is 0 Å². The van der Waals surface area contributed by atoms with Crippen molar-refractivity contribution in [1.29, 1.82) is 0 Å². The Morgan fingerprint density at radius 3 is 2.20 bits per heavy atom. The number of rotatable bonds is 4. The first-order chi connectivity index (χ1) is 7.22. The highest BCUT2D eigenvalue weighted by Gasteiger charge is 2.17. The zero-order valence-corrected chi connectivity index (χ0v) is 11.3. The molecule has 0 unspecified atom stereocenters. The normalized spacial score (nSPS) is 28.5. The van der Waals surface area contributed by atoms with E-state index in [1.165, 1.54) is 38.5 Å². The lowest BCUT2D eigenvalue weighted by Gasteiger charge is -2.25. The van der Waals surface area contributed by atoms with E-state index in [2.05, 4.69) is 32.1 Å². The van der Waals surface area contributed by atoms with Gasteiger partial charge in [-0.3, -0.25) is 4.72 Å². The maximum atomic E-state index is 3.51. The highest BCUT2D eigenvalue weighted by Crippen LogP contribution is 2.29. The Morgan fingerprint density at radius 1 is 1.13 bits per heavy atom. The lowest BCUT2D eigenvalue weighted by molar-refractivity contribution is 0.435. The van der Waals surface area contributed by atoms with Gasteiger partial charge in [0.2, 0.25) is 0 Å². The molecule has 1 saturated carbocycles. The van der Waals surface area contributed by atoms with Crippen LogP contribution in [0.5, 0.6) is 0 Å². The van der Waals surface area contributed by atoms with E-state index in [1.807, 2.05) is 0 Å². The molecular formula is C12H25BNS. The predicted octanol–water partition coefficient (Wildman–Crippen LogP) is 3.90. The molecule has 0 spiro atoms. The summed E-state index contributed by atoms with van der Waals surface area (Å²) in [7, 11) is 2.56. The third-order valence-corrected chi connectivity index (χ3v) is 3.77. The largest absolute Gasteiger partial charge is 0.261 e. The molecule has 0 bridgehead atoms. The summed E-state index contributed by atoms with van der Waals surface area (Å²) in [5, 5.41) is 0.